The number of nitrogens with zero attached hydrogens (tertiary/aromatic N) is 2. The van der Waals surface area contributed by atoms with Crippen molar-refractivity contribution in [2.24, 2.45) is 12.8 Å². The van der Waals surface area contributed by atoms with Crippen LogP contribution in [0.5, 0.6) is 0 Å². The van der Waals surface area contributed by atoms with Gasteiger partial charge in [0.25, 0.3) is 5.56 Å². The SMILES string of the molecule is C[C@H](Sc1nc2ccsc2c(=O)n1C)C(N)=O. The van der Waals surface area contributed by atoms with Crippen LogP contribution in [0.3, 0.4) is 0 Å². The number of rotatable bonds is 3. The standard InChI is InChI=1S/C10H11N3O2S2/c1-5(8(11)14)17-10-12-6-3-4-16-7(6)9(15)13(10)2/h3-5H,1-2H3,(H2,11,14)/t5-/m0/s1. The first-order valence-corrected chi connectivity index (χ1v) is 6.67. The van der Waals surface area contributed by atoms with Gasteiger partial charge in [-0.25, -0.2) is 4.98 Å². The number of primary amides is 1. The predicted molar refractivity (Wildman–Crippen MR) is 69.4 cm³/mol. The predicted octanol–water partition coefficient (Wildman–Crippen LogP) is 0.961. The van der Waals surface area contributed by atoms with Crippen LogP contribution in [0.25, 0.3) is 10.2 Å². The lowest BCUT2D eigenvalue weighted by molar-refractivity contribution is -0.117. The fourth-order valence-electron chi connectivity index (χ4n) is 1.29. The van der Waals surface area contributed by atoms with Gasteiger partial charge < -0.3 is 5.73 Å². The molecule has 2 heterocycles. The first-order valence-electron chi connectivity index (χ1n) is 4.91. The second kappa shape index (κ2) is 4.50. The Morgan fingerprint density at radius 1 is 1.65 bits per heavy atom. The van der Waals surface area contributed by atoms with Crippen LogP contribution in [-0.2, 0) is 11.8 Å². The summed E-state index contributed by atoms with van der Waals surface area (Å²) in [5.41, 5.74) is 5.76. The number of hydrogen-bond acceptors (Lipinski definition) is 5. The van der Waals surface area contributed by atoms with Gasteiger partial charge in [0.05, 0.1) is 10.8 Å². The monoisotopic (exact) mass is 269 g/mol. The van der Waals surface area contributed by atoms with Crippen molar-refractivity contribution in [3.63, 3.8) is 0 Å². The minimum Gasteiger partial charge on any atom is -0.369 e. The van der Waals surface area contributed by atoms with Gasteiger partial charge in [0, 0.05) is 7.05 Å². The third-order valence-electron chi connectivity index (χ3n) is 2.33. The summed E-state index contributed by atoms with van der Waals surface area (Å²) < 4.78 is 2.08. The van der Waals surface area contributed by atoms with Crippen molar-refractivity contribution in [3.05, 3.63) is 21.8 Å². The van der Waals surface area contributed by atoms with Crippen LogP contribution in [0.2, 0.25) is 0 Å². The lowest BCUT2D eigenvalue weighted by Crippen LogP contribution is -2.25. The van der Waals surface area contributed by atoms with Crippen LogP contribution in [-0.4, -0.2) is 20.7 Å². The average molecular weight is 269 g/mol. The summed E-state index contributed by atoms with van der Waals surface area (Å²) in [5, 5.41) is 1.92. The highest BCUT2D eigenvalue weighted by atomic mass is 32.2. The summed E-state index contributed by atoms with van der Waals surface area (Å²) in [4.78, 5) is 27.3. The molecule has 0 spiro atoms. The van der Waals surface area contributed by atoms with Crippen LogP contribution in [0, 0.1) is 0 Å². The Balaban J connectivity index is 2.51. The smallest absolute Gasteiger partial charge is 0.271 e. The Labute approximate surface area is 106 Å². The summed E-state index contributed by atoms with van der Waals surface area (Å²) in [7, 11) is 1.64. The molecule has 1 amide bonds. The summed E-state index contributed by atoms with van der Waals surface area (Å²) in [5.74, 6) is -0.422. The van der Waals surface area contributed by atoms with E-state index in [1.54, 1.807) is 20.0 Å². The molecule has 0 unspecified atom stereocenters. The maximum atomic E-state index is 12.0. The van der Waals surface area contributed by atoms with Crippen LogP contribution >= 0.6 is 23.1 Å². The molecule has 2 rings (SSSR count). The highest BCUT2D eigenvalue weighted by Gasteiger charge is 2.16. The molecule has 0 bridgehead atoms. The number of carbonyl (C=O) groups is 1. The molecule has 0 aliphatic rings. The fraction of sp³-hybridized carbons (Fsp3) is 0.300. The summed E-state index contributed by atoms with van der Waals surface area (Å²) in [6, 6.07) is 1.79. The average Bonchev–Trinajstić information content (AvgIpc) is 2.73. The van der Waals surface area contributed by atoms with Crippen molar-refractivity contribution >= 4 is 39.2 Å². The zero-order chi connectivity index (χ0) is 12.6. The van der Waals surface area contributed by atoms with E-state index in [4.69, 9.17) is 5.73 Å². The van der Waals surface area contributed by atoms with Gasteiger partial charge in [0.15, 0.2) is 5.16 Å². The molecule has 2 N–H and O–H groups in total. The molecule has 0 saturated carbocycles. The van der Waals surface area contributed by atoms with Gasteiger partial charge in [0.2, 0.25) is 5.91 Å². The topological polar surface area (TPSA) is 78.0 Å². The molecular weight excluding hydrogens is 258 g/mol. The number of amides is 1. The minimum absolute atomic E-state index is 0.0934. The highest BCUT2D eigenvalue weighted by Crippen LogP contribution is 2.23. The maximum absolute atomic E-state index is 12.0. The minimum atomic E-state index is -0.422. The molecule has 0 fully saturated rings. The molecule has 1 atom stereocenters. The molecule has 0 radical (unpaired) electrons. The summed E-state index contributed by atoms with van der Waals surface area (Å²) in [6.07, 6.45) is 0. The van der Waals surface area contributed by atoms with E-state index in [1.165, 1.54) is 27.7 Å². The first kappa shape index (κ1) is 12.1. The number of fused-ring (bicyclic) bond motifs is 1. The van der Waals surface area contributed by atoms with E-state index in [2.05, 4.69) is 4.98 Å². The van der Waals surface area contributed by atoms with Gasteiger partial charge >= 0.3 is 0 Å². The lowest BCUT2D eigenvalue weighted by atomic mass is 10.5. The Kier molecular flexibility index (Phi) is 3.21. The molecule has 2 aromatic heterocycles. The number of nitrogens with two attached hydrogens (primary N) is 1. The van der Waals surface area contributed by atoms with Gasteiger partial charge in [-0.05, 0) is 18.4 Å². The normalized spacial score (nSPS) is 12.8. The zero-order valence-corrected chi connectivity index (χ0v) is 11.0. The Morgan fingerprint density at radius 2 is 2.35 bits per heavy atom. The lowest BCUT2D eigenvalue weighted by Gasteiger charge is -2.09. The largest absolute Gasteiger partial charge is 0.369 e. The van der Waals surface area contributed by atoms with E-state index in [1.807, 2.05) is 5.38 Å². The third kappa shape index (κ3) is 2.20. The highest BCUT2D eigenvalue weighted by molar-refractivity contribution is 8.00. The van der Waals surface area contributed by atoms with Crippen LogP contribution in [0.15, 0.2) is 21.4 Å². The van der Waals surface area contributed by atoms with Crippen molar-refractivity contribution in [2.45, 2.75) is 17.3 Å². The van der Waals surface area contributed by atoms with Crippen molar-refractivity contribution < 1.29 is 4.79 Å². The first-order chi connectivity index (χ1) is 8.00. The van der Waals surface area contributed by atoms with Gasteiger partial charge in [-0.2, -0.15) is 0 Å². The van der Waals surface area contributed by atoms with Gasteiger partial charge in [-0.1, -0.05) is 11.8 Å². The zero-order valence-electron chi connectivity index (χ0n) is 9.34. The van der Waals surface area contributed by atoms with E-state index in [0.717, 1.165) is 0 Å². The van der Waals surface area contributed by atoms with Crippen molar-refractivity contribution in [2.75, 3.05) is 0 Å². The molecule has 0 aromatic carbocycles. The fourth-order valence-corrected chi connectivity index (χ4v) is 2.92. The van der Waals surface area contributed by atoms with Crippen LogP contribution in [0.4, 0.5) is 0 Å². The van der Waals surface area contributed by atoms with Gasteiger partial charge in [0.1, 0.15) is 4.70 Å². The molecule has 0 aliphatic carbocycles. The number of hydrogen-bond donors (Lipinski definition) is 1. The molecule has 7 heteroatoms. The number of thiophene rings is 1. The number of aromatic nitrogens is 2. The van der Waals surface area contributed by atoms with Gasteiger partial charge in [-0.3, -0.25) is 14.2 Å². The van der Waals surface area contributed by atoms with Crippen LogP contribution in [0.1, 0.15) is 6.92 Å². The second-order valence-corrected chi connectivity index (χ2v) is 5.78. The third-order valence-corrected chi connectivity index (χ3v) is 4.38. The van der Waals surface area contributed by atoms with E-state index < -0.39 is 11.2 Å². The quantitative estimate of drug-likeness (QED) is 0.665. The molecule has 17 heavy (non-hydrogen) atoms. The van der Waals surface area contributed by atoms with E-state index >= 15 is 0 Å². The van der Waals surface area contributed by atoms with E-state index in [-0.39, 0.29) is 5.56 Å². The molecule has 0 saturated heterocycles. The molecule has 2 aromatic rings. The molecule has 90 valence electrons. The second-order valence-electron chi connectivity index (χ2n) is 3.56. The van der Waals surface area contributed by atoms with Crippen molar-refractivity contribution in [3.8, 4) is 0 Å². The number of carbonyl (C=O) groups excluding carboxylic acids is 1. The van der Waals surface area contributed by atoms with Crippen molar-refractivity contribution in [1.82, 2.24) is 9.55 Å². The summed E-state index contributed by atoms with van der Waals surface area (Å²) in [6.45, 7) is 1.69. The number of thioether (sulfide) groups is 1. The Hall–Kier alpha value is -1.34. The van der Waals surface area contributed by atoms with E-state index in [0.29, 0.717) is 15.4 Å². The van der Waals surface area contributed by atoms with Crippen LogP contribution < -0.4 is 11.3 Å². The Morgan fingerprint density at radius 3 is 3.00 bits per heavy atom. The molecule has 0 aliphatic heterocycles. The van der Waals surface area contributed by atoms with Gasteiger partial charge in [-0.15, -0.1) is 11.3 Å². The molecular formula is C10H11N3O2S2. The Bertz CT molecular complexity index is 632. The van der Waals surface area contributed by atoms with E-state index in [9.17, 15) is 9.59 Å². The summed E-state index contributed by atoms with van der Waals surface area (Å²) >= 11 is 2.56. The maximum Gasteiger partial charge on any atom is 0.271 e. The molecule has 5 nitrogen and oxygen atoms in total. The van der Waals surface area contributed by atoms with Crippen molar-refractivity contribution in [1.29, 1.82) is 0 Å².